The van der Waals surface area contributed by atoms with Crippen molar-refractivity contribution in [2.75, 3.05) is 0 Å². The van der Waals surface area contributed by atoms with E-state index in [1.807, 2.05) is 0 Å². The van der Waals surface area contributed by atoms with E-state index < -0.39 is 5.09 Å². The Bertz CT molecular complexity index is 37.9. The van der Waals surface area contributed by atoms with Crippen LogP contribution in [-0.2, 0) is 55.4 Å². The standard InChI is InChI=1S/Ag.NO3.S.Zn/c;2-1(3)4;;/q+1;-1;-2;+2. The maximum atomic E-state index is 8.25. The summed E-state index contributed by atoms with van der Waals surface area (Å²) in [6.45, 7) is 0. The Labute approximate surface area is 75.5 Å². The molecule has 0 spiro atoms. The number of hydrogen-bond donors (Lipinski definition) is 0. The SMILES string of the molecule is O=[N+]([O-])[O-].[Ag+].[S-2].[Zn+2]. The van der Waals surface area contributed by atoms with Crippen molar-refractivity contribution in [1.29, 1.82) is 0 Å². The fourth-order valence-electron chi connectivity index (χ4n) is 0. The van der Waals surface area contributed by atoms with Crippen LogP contribution in [0.5, 0.6) is 0 Å². The van der Waals surface area contributed by atoms with Gasteiger partial charge in [0.15, 0.2) is 0 Å². The number of rotatable bonds is 0. The molecule has 0 aromatic rings. The van der Waals surface area contributed by atoms with Crippen LogP contribution in [0, 0.1) is 15.3 Å². The molecule has 0 radical (unpaired) electrons. The quantitative estimate of drug-likeness (QED) is 0.345. The Morgan fingerprint density at radius 2 is 1.29 bits per heavy atom. The summed E-state index contributed by atoms with van der Waals surface area (Å²) in [7, 11) is 0. The minimum atomic E-state index is -1.75. The molecule has 42 valence electrons. The maximum absolute atomic E-state index is 8.25. The van der Waals surface area contributed by atoms with Crippen LogP contribution in [0.15, 0.2) is 0 Å². The Balaban J connectivity index is -0.0000000150. The van der Waals surface area contributed by atoms with Gasteiger partial charge in [-0.25, -0.2) is 0 Å². The van der Waals surface area contributed by atoms with Gasteiger partial charge in [-0.3, -0.25) is 0 Å². The van der Waals surface area contributed by atoms with Gasteiger partial charge in [0, 0.05) is 0 Å². The van der Waals surface area contributed by atoms with Gasteiger partial charge >= 0.3 is 41.9 Å². The molecule has 0 rings (SSSR count). The van der Waals surface area contributed by atoms with E-state index >= 15 is 0 Å². The summed E-state index contributed by atoms with van der Waals surface area (Å²) in [5.74, 6) is 0. The summed E-state index contributed by atoms with van der Waals surface area (Å²) in [5.41, 5.74) is 0. The summed E-state index contributed by atoms with van der Waals surface area (Å²) in [6.07, 6.45) is 0. The summed E-state index contributed by atoms with van der Waals surface area (Å²) in [4.78, 5) is 8.25. The van der Waals surface area contributed by atoms with Gasteiger partial charge in [0.05, 0.1) is 5.09 Å². The second kappa shape index (κ2) is 15.8. The molecule has 0 N–H and O–H groups in total. The Morgan fingerprint density at radius 3 is 1.29 bits per heavy atom. The zero-order valence-electron chi connectivity index (χ0n) is 3.09. The average Bonchev–Trinajstić information content (AvgIpc) is 0.811. The number of hydrogen-bond acceptors (Lipinski definition) is 3. The van der Waals surface area contributed by atoms with E-state index in [1.165, 1.54) is 0 Å². The van der Waals surface area contributed by atoms with Crippen LogP contribution in [0.3, 0.4) is 0 Å². The molecule has 7 heavy (non-hydrogen) atoms. The zero-order chi connectivity index (χ0) is 3.58. The molecule has 0 bridgehead atoms. The van der Waals surface area contributed by atoms with Crippen LogP contribution in [0.2, 0.25) is 0 Å². The third-order valence-corrected chi connectivity index (χ3v) is 0. The molecule has 0 aliphatic heterocycles. The van der Waals surface area contributed by atoms with E-state index in [1.54, 1.807) is 0 Å². The fourth-order valence-corrected chi connectivity index (χ4v) is 0. The van der Waals surface area contributed by atoms with E-state index in [0.717, 1.165) is 0 Å². The van der Waals surface area contributed by atoms with Gasteiger partial charge < -0.3 is 28.8 Å². The molecular formula is AgNO3SZn. The van der Waals surface area contributed by atoms with E-state index in [9.17, 15) is 0 Å². The topological polar surface area (TPSA) is 66.2 Å². The van der Waals surface area contributed by atoms with Crippen LogP contribution in [0.25, 0.3) is 0 Å². The largest absolute Gasteiger partial charge is 2.00 e. The molecule has 0 saturated carbocycles. The first-order valence-corrected chi connectivity index (χ1v) is 0.548. The molecular weight excluding hydrogens is 267 g/mol. The number of nitrogens with zero attached hydrogens (tertiary/aromatic N) is 1. The summed E-state index contributed by atoms with van der Waals surface area (Å²) in [6, 6.07) is 0. The van der Waals surface area contributed by atoms with Crippen LogP contribution in [0.1, 0.15) is 0 Å². The van der Waals surface area contributed by atoms with Crippen molar-refractivity contribution < 1.29 is 46.9 Å². The predicted octanol–water partition coefficient (Wildman–Crippen LogP) is -0.247. The first-order valence-electron chi connectivity index (χ1n) is 0.548. The van der Waals surface area contributed by atoms with Crippen molar-refractivity contribution in [1.82, 2.24) is 0 Å². The third-order valence-electron chi connectivity index (χ3n) is 0. The molecule has 0 heterocycles. The van der Waals surface area contributed by atoms with Gasteiger partial charge in [-0.05, 0) is 0 Å². The minimum absolute atomic E-state index is 0. The van der Waals surface area contributed by atoms with E-state index in [0.29, 0.717) is 0 Å². The molecule has 0 saturated heterocycles. The van der Waals surface area contributed by atoms with Gasteiger partial charge in [0.1, 0.15) is 0 Å². The molecule has 0 aromatic heterocycles. The minimum Gasteiger partial charge on any atom is -2.00 e. The Kier molecular flexibility index (Phi) is 55.7. The summed E-state index contributed by atoms with van der Waals surface area (Å²) < 4.78 is 0. The van der Waals surface area contributed by atoms with E-state index in [-0.39, 0.29) is 55.4 Å². The van der Waals surface area contributed by atoms with Crippen molar-refractivity contribution >= 4 is 13.5 Å². The van der Waals surface area contributed by atoms with Gasteiger partial charge in [-0.1, -0.05) is 0 Å². The van der Waals surface area contributed by atoms with Crippen molar-refractivity contribution in [2.45, 2.75) is 0 Å². The Morgan fingerprint density at radius 1 is 1.29 bits per heavy atom. The molecule has 0 aliphatic carbocycles. The van der Waals surface area contributed by atoms with Crippen LogP contribution < -0.4 is 0 Å². The third kappa shape index (κ3) is 200. The molecule has 7 heteroatoms. The molecule has 0 amide bonds. The summed E-state index contributed by atoms with van der Waals surface area (Å²) >= 11 is 0. The molecule has 0 aliphatic rings. The van der Waals surface area contributed by atoms with E-state index in [4.69, 9.17) is 15.3 Å². The molecule has 4 nitrogen and oxygen atoms in total. The second-order valence-corrected chi connectivity index (χ2v) is 0.224. The van der Waals surface area contributed by atoms with E-state index in [2.05, 4.69) is 0 Å². The second-order valence-electron chi connectivity index (χ2n) is 0.224. The molecule has 0 aromatic carbocycles. The molecule has 0 atom stereocenters. The average molecular weight is 267 g/mol. The fraction of sp³-hybridized carbons (Fsp3) is 0. The zero-order valence-corrected chi connectivity index (χ0v) is 8.35. The van der Waals surface area contributed by atoms with Crippen molar-refractivity contribution in [2.24, 2.45) is 0 Å². The van der Waals surface area contributed by atoms with Gasteiger partial charge in [-0.15, -0.1) is 0 Å². The Hall–Kier alpha value is 0.914. The first-order chi connectivity index (χ1) is 1.73. The van der Waals surface area contributed by atoms with Crippen molar-refractivity contribution in [3.63, 3.8) is 0 Å². The van der Waals surface area contributed by atoms with Crippen molar-refractivity contribution in [3.05, 3.63) is 15.3 Å². The smallest absolute Gasteiger partial charge is 2.00 e. The van der Waals surface area contributed by atoms with Crippen LogP contribution in [0.4, 0.5) is 0 Å². The van der Waals surface area contributed by atoms with Gasteiger partial charge in [0.25, 0.3) is 0 Å². The molecule has 0 fully saturated rings. The van der Waals surface area contributed by atoms with Gasteiger partial charge in [-0.2, -0.15) is 0 Å². The maximum Gasteiger partial charge on any atom is 2.00 e. The molecule has 0 unspecified atom stereocenters. The monoisotopic (exact) mass is 265 g/mol. The summed E-state index contributed by atoms with van der Waals surface area (Å²) in [5, 5.41) is 14.8. The van der Waals surface area contributed by atoms with Crippen LogP contribution in [-0.4, -0.2) is 5.09 Å². The predicted molar refractivity (Wildman–Crippen MR) is 17.7 cm³/mol. The van der Waals surface area contributed by atoms with Gasteiger partial charge in [0.2, 0.25) is 0 Å². The normalized spacial score (nSPS) is 3.43. The first kappa shape index (κ1) is 24.7. The van der Waals surface area contributed by atoms with Crippen LogP contribution >= 0.6 is 0 Å². The van der Waals surface area contributed by atoms with Crippen molar-refractivity contribution in [3.8, 4) is 0 Å².